The smallest absolute Gasteiger partial charge is 0.321 e. The van der Waals surface area contributed by atoms with E-state index in [-0.39, 0.29) is 30.6 Å². The first-order chi connectivity index (χ1) is 18.2. The fourth-order valence-corrected chi connectivity index (χ4v) is 4.77. The first-order valence-corrected chi connectivity index (χ1v) is 12.9. The number of likely N-dealkylation sites (N-methyl/N-ethyl adjacent to an activating group) is 1. The van der Waals surface area contributed by atoms with E-state index in [1.807, 2.05) is 62.4 Å². The minimum absolute atomic E-state index is 0.139. The van der Waals surface area contributed by atoms with Crippen LogP contribution < -0.4 is 5.32 Å². The van der Waals surface area contributed by atoms with Gasteiger partial charge in [0.25, 0.3) is 5.91 Å². The van der Waals surface area contributed by atoms with Gasteiger partial charge in [0.1, 0.15) is 11.4 Å². The Morgan fingerprint density at radius 1 is 1.16 bits per heavy atom. The zero-order chi connectivity index (χ0) is 27.4. The molecule has 2 aromatic carbocycles. The zero-order valence-corrected chi connectivity index (χ0v) is 22.6. The predicted molar refractivity (Wildman–Crippen MR) is 145 cm³/mol. The van der Waals surface area contributed by atoms with E-state index in [2.05, 4.69) is 10.5 Å². The van der Waals surface area contributed by atoms with Crippen molar-refractivity contribution in [1.82, 2.24) is 15.0 Å². The molecule has 2 N–H and O–H groups in total. The average molecular weight is 521 g/mol. The number of aromatic nitrogens is 1. The molecule has 0 bridgehead atoms. The van der Waals surface area contributed by atoms with Gasteiger partial charge in [-0.3, -0.25) is 4.79 Å². The van der Waals surface area contributed by atoms with Gasteiger partial charge in [-0.05, 0) is 43.5 Å². The minimum atomic E-state index is -0.393. The van der Waals surface area contributed by atoms with E-state index in [1.54, 1.807) is 30.7 Å². The standard InChI is InChI=1S/C29H36N4O5/c1-18-14-33(19(2)16-34)28(35)25-13-9-8-12-24(25)23-11-7-6-10-22(23)17-37-26(18)15-32(5)29(36)30-27-20(3)31-38-21(27)4/h6-13,18-19,26,34H,14-17H2,1-5H3,(H,30,36)/t18-,19-,26+/m1/s1. The molecular formula is C29H36N4O5. The number of aryl methyl sites for hydroxylation is 2. The highest BCUT2D eigenvalue weighted by Gasteiger charge is 2.31. The first kappa shape index (κ1) is 27.3. The number of carbonyl (C=O) groups is 2. The Kier molecular flexibility index (Phi) is 8.48. The van der Waals surface area contributed by atoms with Crippen molar-refractivity contribution in [3.63, 3.8) is 0 Å². The first-order valence-electron chi connectivity index (χ1n) is 12.9. The lowest BCUT2D eigenvalue weighted by Crippen LogP contribution is -2.48. The van der Waals surface area contributed by atoms with E-state index >= 15 is 0 Å². The summed E-state index contributed by atoms with van der Waals surface area (Å²) in [4.78, 5) is 30.2. The Morgan fingerprint density at radius 2 is 1.82 bits per heavy atom. The lowest BCUT2D eigenvalue weighted by atomic mass is 9.94. The van der Waals surface area contributed by atoms with Crippen LogP contribution in [0.5, 0.6) is 0 Å². The maximum Gasteiger partial charge on any atom is 0.321 e. The predicted octanol–water partition coefficient (Wildman–Crippen LogP) is 4.48. The molecule has 9 heteroatoms. The number of fused-ring (bicyclic) bond motifs is 3. The highest BCUT2D eigenvalue weighted by molar-refractivity contribution is 6.01. The Balaban J connectivity index is 1.66. The summed E-state index contributed by atoms with van der Waals surface area (Å²) >= 11 is 0. The molecule has 1 aliphatic heterocycles. The summed E-state index contributed by atoms with van der Waals surface area (Å²) in [5.74, 6) is 0.251. The van der Waals surface area contributed by atoms with Gasteiger partial charge >= 0.3 is 6.03 Å². The number of hydrogen-bond acceptors (Lipinski definition) is 6. The van der Waals surface area contributed by atoms with Crippen LogP contribution >= 0.6 is 0 Å². The number of ether oxygens (including phenoxy) is 1. The second kappa shape index (κ2) is 11.8. The molecule has 0 spiro atoms. The highest BCUT2D eigenvalue weighted by Crippen LogP contribution is 2.31. The molecule has 202 valence electrons. The number of aliphatic hydroxyl groups excluding tert-OH is 1. The van der Waals surface area contributed by atoms with Crippen LogP contribution in [-0.4, -0.2) is 70.9 Å². The lowest BCUT2D eigenvalue weighted by Gasteiger charge is -2.35. The molecule has 3 amide bonds. The molecule has 9 nitrogen and oxygen atoms in total. The minimum Gasteiger partial charge on any atom is -0.394 e. The largest absolute Gasteiger partial charge is 0.394 e. The molecule has 3 atom stereocenters. The molecule has 0 unspecified atom stereocenters. The molecule has 0 saturated carbocycles. The number of urea groups is 1. The van der Waals surface area contributed by atoms with Gasteiger partial charge in [0, 0.05) is 31.6 Å². The number of anilines is 1. The Labute approximate surface area is 223 Å². The van der Waals surface area contributed by atoms with E-state index in [4.69, 9.17) is 9.26 Å². The van der Waals surface area contributed by atoms with Gasteiger partial charge in [-0.2, -0.15) is 0 Å². The highest BCUT2D eigenvalue weighted by atomic mass is 16.5. The van der Waals surface area contributed by atoms with Crippen LogP contribution in [0, 0.1) is 19.8 Å². The molecule has 0 radical (unpaired) electrons. The fourth-order valence-electron chi connectivity index (χ4n) is 4.77. The van der Waals surface area contributed by atoms with Gasteiger partial charge in [-0.25, -0.2) is 4.79 Å². The Bertz CT molecular complexity index is 1270. The molecule has 4 rings (SSSR count). The van der Waals surface area contributed by atoms with Gasteiger partial charge < -0.3 is 29.5 Å². The van der Waals surface area contributed by atoms with Crippen LogP contribution in [0.1, 0.15) is 41.2 Å². The van der Waals surface area contributed by atoms with Crippen molar-refractivity contribution >= 4 is 17.6 Å². The monoisotopic (exact) mass is 520 g/mol. The van der Waals surface area contributed by atoms with Crippen LogP contribution in [0.4, 0.5) is 10.5 Å². The molecular weight excluding hydrogens is 484 g/mol. The number of hydrogen-bond donors (Lipinski definition) is 2. The second-order valence-corrected chi connectivity index (χ2v) is 10.0. The van der Waals surface area contributed by atoms with Crippen molar-refractivity contribution in [3.05, 3.63) is 71.1 Å². The maximum absolute atomic E-state index is 13.9. The van der Waals surface area contributed by atoms with Crippen LogP contribution in [0.15, 0.2) is 53.1 Å². The lowest BCUT2D eigenvalue weighted by molar-refractivity contribution is -0.0178. The molecule has 0 saturated heterocycles. The van der Waals surface area contributed by atoms with Gasteiger partial charge in [0.15, 0.2) is 5.76 Å². The number of amides is 3. The molecule has 3 aromatic rings. The van der Waals surface area contributed by atoms with Gasteiger partial charge in [0.2, 0.25) is 0 Å². The number of benzene rings is 2. The van der Waals surface area contributed by atoms with Crippen LogP contribution in [0.25, 0.3) is 11.1 Å². The molecule has 1 aromatic heterocycles. The van der Waals surface area contributed by atoms with E-state index in [1.165, 1.54) is 0 Å². The molecule has 0 aliphatic carbocycles. The Morgan fingerprint density at radius 3 is 2.47 bits per heavy atom. The summed E-state index contributed by atoms with van der Waals surface area (Å²) in [5, 5.41) is 16.8. The third kappa shape index (κ3) is 5.74. The third-order valence-electron chi connectivity index (χ3n) is 7.16. The average Bonchev–Trinajstić information content (AvgIpc) is 3.24. The van der Waals surface area contributed by atoms with E-state index in [0.717, 1.165) is 16.7 Å². The number of carbonyl (C=O) groups excluding carboxylic acids is 2. The molecule has 2 heterocycles. The van der Waals surface area contributed by atoms with Gasteiger partial charge in [-0.15, -0.1) is 0 Å². The van der Waals surface area contributed by atoms with Crippen molar-refractivity contribution in [3.8, 4) is 11.1 Å². The number of nitrogens with one attached hydrogen (secondary N) is 1. The van der Waals surface area contributed by atoms with E-state index in [9.17, 15) is 14.7 Å². The number of aliphatic hydroxyl groups is 1. The summed E-state index contributed by atoms with van der Waals surface area (Å²) in [6.45, 7) is 8.16. The van der Waals surface area contributed by atoms with Crippen molar-refractivity contribution in [2.75, 3.05) is 32.1 Å². The van der Waals surface area contributed by atoms with Gasteiger partial charge in [-0.1, -0.05) is 54.5 Å². The normalized spacial score (nSPS) is 18.7. The van der Waals surface area contributed by atoms with E-state index in [0.29, 0.717) is 42.4 Å². The molecule has 0 fully saturated rings. The molecule has 38 heavy (non-hydrogen) atoms. The molecule has 1 aliphatic rings. The van der Waals surface area contributed by atoms with E-state index < -0.39 is 6.04 Å². The number of rotatable bonds is 5. The zero-order valence-electron chi connectivity index (χ0n) is 22.6. The number of nitrogens with zero attached hydrogens (tertiary/aromatic N) is 3. The third-order valence-corrected chi connectivity index (χ3v) is 7.16. The summed E-state index contributed by atoms with van der Waals surface area (Å²) in [6.07, 6.45) is -0.383. The van der Waals surface area contributed by atoms with Crippen LogP contribution in [0.3, 0.4) is 0 Å². The van der Waals surface area contributed by atoms with Gasteiger partial charge in [0.05, 0.1) is 25.4 Å². The summed E-state index contributed by atoms with van der Waals surface area (Å²) < 4.78 is 11.6. The van der Waals surface area contributed by atoms with Crippen molar-refractivity contribution in [1.29, 1.82) is 0 Å². The quantitative estimate of drug-likeness (QED) is 0.514. The topological polar surface area (TPSA) is 108 Å². The summed E-state index contributed by atoms with van der Waals surface area (Å²) in [6, 6.07) is 14.7. The van der Waals surface area contributed by atoms with Crippen LogP contribution in [0.2, 0.25) is 0 Å². The SMILES string of the molecule is Cc1noc(C)c1NC(=O)N(C)C[C@@H]1OCc2ccccc2-c2ccccc2C(=O)N([C@H](C)CO)C[C@H]1C. The summed E-state index contributed by atoms with van der Waals surface area (Å²) in [5.41, 5.74) is 4.45. The van der Waals surface area contributed by atoms with Crippen molar-refractivity contribution in [2.45, 2.75) is 46.4 Å². The van der Waals surface area contributed by atoms with Crippen molar-refractivity contribution in [2.24, 2.45) is 5.92 Å². The second-order valence-electron chi connectivity index (χ2n) is 10.0. The summed E-state index contributed by atoms with van der Waals surface area (Å²) in [7, 11) is 1.71. The van der Waals surface area contributed by atoms with Crippen LogP contribution in [-0.2, 0) is 11.3 Å². The van der Waals surface area contributed by atoms with Crippen molar-refractivity contribution < 1.29 is 24.0 Å². The Hall–Kier alpha value is -3.69. The maximum atomic E-state index is 13.9. The fraction of sp³-hybridized carbons (Fsp3) is 0.414.